The summed E-state index contributed by atoms with van der Waals surface area (Å²) in [5, 5.41) is 0.584. The van der Waals surface area contributed by atoms with Gasteiger partial charge < -0.3 is 28.9 Å². The van der Waals surface area contributed by atoms with Crippen LogP contribution in [0, 0.1) is 11.6 Å². The summed E-state index contributed by atoms with van der Waals surface area (Å²) in [5.41, 5.74) is 7.02. The largest absolute Gasteiger partial charge is 0.493 e. The molecular weight excluding hydrogens is 582 g/mol. The molecule has 11 heteroatoms. The molecule has 6 aromatic rings. The van der Waals surface area contributed by atoms with Gasteiger partial charge in [0.2, 0.25) is 11.8 Å². The lowest BCUT2D eigenvalue weighted by Crippen LogP contribution is -2.22. The number of halogens is 2. The van der Waals surface area contributed by atoms with Crippen LogP contribution in [0.1, 0.15) is 23.8 Å². The van der Waals surface area contributed by atoms with Gasteiger partial charge in [-0.25, -0.2) is 13.8 Å². The summed E-state index contributed by atoms with van der Waals surface area (Å²) in [7, 11) is 1.54. The SMILES string of the molecule is COc1cc2c(Oc3ccc(C(C(N)=O)c4ncc(-c5ccc(F)cc5)o4)cc3F)ccnc2cc1OCCCn1cccc1. The molecule has 1 atom stereocenters. The monoisotopic (exact) mass is 610 g/mol. The number of pyridine rings is 1. The summed E-state index contributed by atoms with van der Waals surface area (Å²) in [6.45, 7) is 1.29. The first kappa shape index (κ1) is 29.4. The number of benzene rings is 3. The molecule has 0 aliphatic heterocycles. The number of hydrogen-bond donors (Lipinski definition) is 1. The standard InChI is InChI=1S/C34H28F2N4O5/c1-42-29-18-24-26(19-30(29)43-16-4-15-40-13-2-3-14-40)38-12-11-27(24)44-28-10-7-22(17-25(28)36)32(33(37)41)34-39-20-31(45-34)21-5-8-23(35)9-6-21/h2-3,5-14,17-20,32H,4,15-16H2,1H3,(H2,37,41). The number of ether oxygens (including phenoxy) is 3. The molecule has 0 saturated carbocycles. The van der Waals surface area contributed by atoms with Gasteiger partial charge in [0.05, 0.1) is 25.4 Å². The summed E-state index contributed by atoms with van der Waals surface area (Å²) in [5.74, 6) is -1.54. The second kappa shape index (κ2) is 12.9. The van der Waals surface area contributed by atoms with E-state index in [1.807, 2.05) is 24.5 Å². The van der Waals surface area contributed by atoms with E-state index in [1.54, 1.807) is 24.4 Å². The Balaban J connectivity index is 1.21. The van der Waals surface area contributed by atoms with Gasteiger partial charge in [0, 0.05) is 42.2 Å². The third-order valence-corrected chi connectivity index (χ3v) is 7.16. The maximum atomic E-state index is 15.4. The third-order valence-electron chi connectivity index (χ3n) is 7.16. The fourth-order valence-corrected chi connectivity index (χ4v) is 4.93. The van der Waals surface area contributed by atoms with E-state index in [1.165, 1.54) is 49.7 Å². The number of carbonyl (C=O) groups is 1. The molecule has 228 valence electrons. The van der Waals surface area contributed by atoms with Gasteiger partial charge in [-0.3, -0.25) is 9.78 Å². The van der Waals surface area contributed by atoms with Crippen LogP contribution < -0.4 is 19.9 Å². The van der Waals surface area contributed by atoms with Crippen LogP contribution in [-0.4, -0.2) is 34.2 Å². The maximum Gasteiger partial charge on any atom is 0.234 e. The Bertz CT molecular complexity index is 1940. The summed E-state index contributed by atoms with van der Waals surface area (Å²) < 4.78 is 54.1. The van der Waals surface area contributed by atoms with Gasteiger partial charge in [-0.05, 0) is 72.6 Å². The number of hydrogen-bond acceptors (Lipinski definition) is 7. The van der Waals surface area contributed by atoms with Crippen molar-refractivity contribution >= 4 is 16.8 Å². The smallest absolute Gasteiger partial charge is 0.234 e. The number of primary amides is 1. The molecular formula is C34H28F2N4O5. The van der Waals surface area contributed by atoms with Crippen LogP contribution in [0.5, 0.6) is 23.0 Å². The molecule has 0 saturated heterocycles. The Morgan fingerprint density at radius 2 is 1.76 bits per heavy atom. The van der Waals surface area contributed by atoms with Crippen molar-refractivity contribution in [3.63, 3.8) is 0 Å². The summed E-state index contributed by atoms with van der Waals surface area (Å²) in [6, 6.07) is 18.7. The van der Waals surface area contributed by atoms with Crippen molar-refractivity contribution < 1.29 is 32.2 Å². The van der Waals surface area contributed by atoms with Gasteiger partial charge in [-0.1, -0.05) is 6.07 Å². The Labute approximate surface area is 256 Å². The number of amides is 1. The van der Waals surface area contributed by atoms with Crippen molar-refractivity contribution in [3.05, 3.63) is 121 Å². The topological polar surface area (TPSA) is 115 Å². The van der Waals surface area contributed by atoms with E-state index in [0.717, 1.165) is 19.0 Å². The van der Waals surface area contributed by atoms with E-state index in [4.69, 9.17) is 24.4 Å². The summed E-state index contributed by atoms with van der Waals surface area (Å²) in [4.78, 5) is 21.0. The van der Waals surface area contributed by atoms with E-state index < -0.39 is 23.5 Å². The van der Waals surface area contributed by atoms with Crippen molar-refractivity contribution in [3.8, 4) is 34.3 Å². The molecule has 1 unspecified atom stereocenters. The van der Waals surface area contributed by atoms with Gasteiger partial charge in [0.25, 0.3) is 0 Å². The number of nitrogens with two attached hydrogens (primary N) is 1. The Kier molecular flexibility index (Phi) is 8.41. The average Bonchev–Trinajstić information content (AvgIpc) is 3.74. The minimum atomic E-state index is -1.17. The van der Waals surface area contributed by atoms with Gasteiger partial charge in [-0.2, -0.15) is 0 Å². The molecule has 0 bridgehead atoms. The van der Waals surface area contributed by atoms with Crippen LogP contribution in [-0.2, 0) is 11.3 Å². The molecule has 3 aromatic carbocycles. The van der Waals surface area contributed by atoms with E-state index in [0.29, 0.717) is 46.1 Å². The van der Waals surface area contributed by atoms with Crippen LogP contribution in [0.4, 0.5) is 8.78 Å². The summed E-state index contributed by atoms with van der Waals surface area (Å²) >= 11 is 0. The van der Waals surface area contributed by atoms with Crippen molar-refractivity contribution in [2.45, 2.75) is 18.9 Å². The molecule has 3 heterocycles. The number of oxazole rings is 1. The van der Waals surface area contributed by atoms with Gasteiger partial charge in [0.15, 0.2) is 28.8 Å². The van der Waals surface area contributed by atoms with Gasteiger partial charge in [0.1, 0.15) is 17.5 Å². The fraction of sp³-hybridized carbons (Fsp3) is 0.147. The zero-order valence-electron chi connectivity index (χ0n) is 24.2. The molecule has 6 rings (SSSR count). The highest BCUT2D eigenvalue weighted by molar-refractivity contribution is 5.88. The summed E-state index contributed by atoms with van der Waals surface area (Å²) in [6.07, 6.45) is 7.74. The molecule has 0 fully saturated rings. The Morgan fingerprint density at radius 1 is 0.956 bits per heavy atom. The molecule has 9 nitrogen and oxygen atoms in total. The highest BCUT2D eigenvalue weighted by Crippen LogP contribution is 2.38. The quantitative estimate of drug-likeness (QED) is 0.151. The first-order chi connectivity index (χ1) is 21.9. The van der Waals surface area contributed by atoms with Gasteiger partial charge in [-0.15, -0.1) is 0 Å². The molecule has 0 aliphatic carbocycles. The van der Waals surface area contributed by atoms with E-state index in [9.17, 15) is 9.18 Å². The first-order valence-corrected chi connectivity index (χ1v) is 14.1. The number of methoxy groups -OCH3 is 1. The number of fused-ring (bicyclic) bond motifs is 1. The highest BCUT2D eigenvalue weighted by atomic mass is 19.1. The lowest BCUT2D eigenvalue weighted by Gasteiger charge is -2.15. The number of rotatable bonds is 12. The number of carbonyl (C=O) groups excluding carboxylic acids is 1. The molecule has 3 aromatic heterocycles. The van der Waals surface area contributed by atoms with E-state index >= 15 is 4.39 Å². The maximum absolute atomic E-state index is 15.4. The second-order valence-corrected chi connectivity index (χ2v) is 10.1. The van der Waals surface area contributed by atoms with Crippen LogP contribution in [0.2, 0.25) is 0 Å². The minimum Gasteiger partial charge on any atom is -0.493 e. The molecule has 0 aliphatic rings. The zero-order chi connectivity index (χ0) is 31.3. The Hall–Kier alpha value is -5.71. The highest BCUT2D eigenvalue weighted by Gasteiger charge is 2.27. The predicted molar refractivity (Wildman–Crippen MR) is 162 cm³/mol. The van der Waals surface area contributed by atoms with Gasteiger partial charge >= 0.3 is 0 Å². The van der Waals surface area contributed by atoms with Crippen molar-refractivity contribution in [1.82, 2.24) is 14.5 Å². The minimum absolute atomic E-state index is 0.0233. The number of aryl methyl sites for hydroxylation is 1. The molecule has 2 N–H and O–H groups in total. The fourth-order valence-electron chi connectivity index (χ4n) is 4.93. The van der Waals surface area contributed by atoms with Crippen molar-refractivity contribution in [2.75, 3.05) is 13.7 Å². The molecule has 45 heavy (non-hydrogen) atoms. The molecule has 1 amide bonds. The van der Waals surface area contributed by atoms with Crippen molar-refractivity contribution in [2.24, 2.45) is 5.73 Å². The second-order valence-electron chi connectivity index (χ2n) is 10.1. The lowest BCUT2D eigenvalue weighted by molar-refractivity contribution is -0.118. The molecule has 0 radical (unpaired) electrons. The normalized spacial score (nSPS) is 11.8. The zero-order valence-corrected chi connectivity index (χ0v) is 24.2. The van der Waals surface area contributed by atoms with Crippen LogP contribution >= 0.6 is 0 Å². The van der Waals surface area contributed by atoms with E-state index in [-0.39, 0.29) is 17.2 Å². The van der Waals surface area contributed by atoms with Crippen LogP contribution in [0.25, 0.3) is 22.2 Å². The van der Waals surface area contributed by atoms with E-state index in [2.05, 4.69) is 14.5 Å². The lowest BCUT2D eigenvalue weighted by atomic mass is 9.98. The number of nitrogens with zero attached hydrogens (tertiary/aromatic N) is 3. The molecule has 0 spiro atoms. The van der Waals surface area contributed by atoms with Crippen LogP contribution in [0.3, 0.4) is 0 Å². The first-order valence-electron chi connectivity index (χ1n) is 14.1. The number of aromatic nitrogens is 3. The Morgan fingerprint density at radius 3 is 2.49 bits per heavy atom. The average molecular weight is 611 g/mol. The van der Waals surface area contributed by atoms with Crippen LogP contribution in [0.15, 0.2) is 102 Å². The third kappa shape index (κ3) is 6.47. The predicted octanol–water partition coefficient (Wildman–Crippen LogP) is 6.86. The van der Waals surface area contributed by atoms with Crippen molar-refractivity contribution in [1.29, 1.82) is 0 Å².